The van der Waals surface area contributed by atoms with Gasteiger partial charge in [-0.05, 0) is 59.6 Å². The third-order valence-electron chi connectivity index (χ3n) is 5.80. The van der Waals surface area contributed by atoms with Gasteiger partial charge < -0.3 is 10.0 Å². The van der Waals surface area contributed by atoms with Crippen LogP contribution in [0.2, 0.25) is 0 Å². The molecule has 2 aliphatic heterocycles. The van der Waals surface area contributed by atoms with Crippen LogP contribution in [-0.2, 0) is 4.79 Å². The van der Waals surface area contributed by atoms with Crippen LogP contribution in [0.1, 0.15) is 0 Å². The lowest BCUT2D eigenvalue weighted by molar-refractivity contribution is -0.113. The number of phenols is 1. The maximum absolute atomic E-state index is 13.8. The number of phenolic OH excluding ortho intramolecular Hbond substituents is 1. The van der Waals surface area contributed by atoms with E-state index in [1.165, 1.54) is 11.8 Å². The smallest absolute Gasteiger partial charge is 0.274 e. The lowest BCUT2D eigenvalue weighted by atomic mass is 10.1. The van der Waals surface area contributed by atoms with E-state index in [0.717, 1.165) is 32.1 Å². The lowest BCUT2D eigenvalue weighted by Crippen LogP contribution is -2.29. The van der Waals surface area contributed by atoms with Gasteiger partial charge in [-0.2, -0.15) is 0 Å². The third-order valence-corrected chi connectivity index (χ3v) is 8.20. The Morgan fingerprint density at radius 1 is 0.824 bits per heavy atom. The van der Waals surface area contributed by atoms with Crippen molar-refractivity contribution < 1.29 is 9.90 Å². The van der Waals surface area contributed by atoms with Crippen LogP contribution in [0.5, 0.6) is 5.75 Å². The number of aliphatic imine (C=N–C) groups is 1. The SMILES string of the molecule is CN1C(=C2SC(=Nc3cccc4ccccc34)N(c3ccc(O)cc3)C2=O)Sc2ccccc21. The van der Waals surface area contributed by atoms with Crippen LogP contribution in [-0.4, -0.2) is 23.2 Å². The van der Waals surface area contributed by atoms with Crippen LogP contribution in [0.3, 0.4) is 0 Å². The lowest BCUT2D eigenvalue weighted by Gasteiger charge is -2.17. The van der Waals surface area contributed by atoms with E-state index in [1.807, 2.05) is 49.5 Å². The van der Waals surface area contributed by atoms with Crippen LogP contribution >= 0.6 is 23.5 Å². The fourth-order valence-corrected chi connectivity index (χ4v) is 6.46. The molecule has 0 unspecified atom stereocenters. The summed E-state index contributed by atoms with van der Waals surface area (Å²) in [7, 11) is 1.99. The zero-order valence-corrected chi connectivity index (χ0v) is 19.8. The second kappa shape index (κ2) is 8.27. The number of hydrogen-bond donors (Lipinski definition) is 1. The van der Waals surface area contributed by atoms with Crippen LogP contribution in [0, 0.1) is 0 Å². The van der Waals surface area contributed by atoms with Crippen molar-refractivity contribution in [1.82, 2.24) is 0 Å². The van der Waals surface area contributed by atoms with Crippen molar-refractivity contribution in [3.05, 3.63) is 101 Å². The largest absolute Gasteiger partial charge is 0.508 e. The molecule has 1 fully saturated rings. The molecule has 5 nitrogen and oxygen atoms in total. The van der Waals surface area contributed by atoms with Crippen LogP contribution in [0.25, 0.3) is 10.8 Å². The molecule has 0 saturated carbocycles. The van der Waals surface area contributed by atoms with Crippen LogP contribution in [0.4, 0.5) is 17.1 Å². The van der Waals surface area contributed by atoms with Crippen molar-refractivity contribution in [3.8, 4) is 5.75 Å². The number of hydrogen-bond acceptors (Lipinski definition) is 6. The Morgan fingerprint density at radius 3 is 2.38 bits per heavy atom. The summed E-state index contributed by atoms with van der Waals surface area (Å²) < 4.78 is 0. The zero-order valence-electron chi connectivity index (χ0n) is 18.2. The number of fused-ring (bicyclic) bond motifs is 2. The maximum atomic E-state index is 13.8. The van der Waals surface area contributed by atoms with E-state index >= 15 is 0 Å². The molecule has 1 amide bonds. The fourth-order valence-electron chi connectivity index (χ4n) is 4.12. The molecule has 1 N–H and O–H groups in total. The predicted molar refractivity (Wildman–Crippen MR) is 142 cm³/mol. The first kappa shape index (κ1) is 20.9. The molecule has 6 rings (SSSR count). The summed E-state index contributed by atoms with van der Waals surface area (Å²) in [6, 6.07) is 28.9. The van der Waals surface area contributed by atoms with Crippen molar-refractivity contribution in [1.29, 1.82) is 0 Å². The summed E-state index contributed by atoms with van der Waals surface area (Å²) in [5, 5.41) is 13.4. The van der Waals surface area contributed by atoms with Gasteiger partial charge in [0.25, 0.3) is 5.91 Å². The molecule has 4 aromatic carbocycles. The molecule has 0 aromatic heterocycles. The van der Waals surface area contributed by atoms with Crippen LogP contribution in [0.15, 0.2) is 111 Å². The quantitative estimate of drug-likeness (QED) is 0.322. The molecule has 1 saturated heterocycles. The number of amidine groups is 1. The maximum Gasteiger partial charge on any atom is 0.274 e. The average molecular weight is 482 g/mol. The highest BCUT2D eigenvalue weighted by Crippen LogP contribution is 2.50. The summed E-state index contributed by atoms with van der Waals surface area (Å²) in [5.41, 5.74) is 2.55. The number of anilines is 2. The van der Waals surface area contributed by atoms with E-state index in [0.29, 0.717) is 15.8 Å². The van der Waals surface area contributed by atoms with Gasteiger partial charge in [0.15, 0.2) is 5.17 Å². The van der Waals surface area contributed by atoms with E-state index in [2.05, 4.69) is 29.2 Å². The molecule has 34 heavy (non-hydrogen) atoms. The van der Waals surface area contributed by atoms with E-state index in [-0.39, 0.29) is 11.7 Å². The minimum absolute atomic E-state index is 0.128. The molecular formula is C27H19N3O2S2. The van der Waals surface area contributed by atoms with Crippen molar-refractivity contribution in [2.24, 2.45) is 4.99 Å². The van der Waals surface area contributed by atoms with Crippen molar-refractivity contribution in [2.45, 2.75) is 4.90 Å². The number of nitrogens with zero attached hydrogens (tertiary/aromatic N) is 3. The summed E-state index contributed by atoms with van der Waals surface area (Å²) in [5.74, 6) is 0.0209. The van der Waals surface area contributed by atoms with E-state index < -0.39 is 0 Å². The summed E-state index contributed by atoms with van der Waals surface area (Å²) in [6.45, 7) is 0. The van der Waals surface area contributed by atoms with Gasteiger partial charge in [-0.15, -0.1) is 0 Å². The highest BCUT2D eigenvalue weighted by molar-refractivity contribution is 8.20. The normalized spacial score (nSPS) is 18.9. The molecule has 166 valence electrons. The van der Waals surface area contributed by atoms with Crippen molar-refractivity contribution in [2.75, 3.05) is 16.8 Å². The highest BCUT2D eigenvalue weighted by atomic mass is 32.2. The minimum Gasteiger partial charge on any atom is -0.508 e. The first-order valence-electron chi connectivity index (χ1n) is 10.7. The number of aromatic hydroxyl groups is 1. The molecule has 0 bridgehead atoms. The summed E-state index contributed by atoms with van der Waals surface area (Å²) >= 11 is 2.98. The summed E-state index contributed by atoms with van der Waals surface area (Å²) in [6.07, 6.45) is 0. The van der Waals surface area contributed by atoms with Gasteiger partial charge >= 0.3 is 0 Å². The van der Waals surface area contributed by atoms with Crippen LogP contribution < -0.4 is 9.80 Å². The molecule has 2 aliphatic rings. The number of amides is 1. The van der Waals surface area contributed by atoms with Gasteiger partial charge in [0.1, 0.15) is 10.7 Å². The Labute approximate surface area is 205 Å². The molecule has 0 atom stereocenters. The van der Waals surface area contributed by atoms with Gasteiger partial charge in [-0.1, -0.05) is 60.3 Å². The molecular weight excluding hydrogens is 462 g/mol. The average Bonchev–Trinajstić information content (AvgIpc) is 3.36. The first-order valence-corrected chi connectivity index (χ1v) is 12.4. The van der Waals surface area contributed by atoms with Crippen molar-refractivity contribution in [3.63, 3.8) is 0 Å². The van der Waals surface area contributed by atoms with E-state index in [1.54, 1.807) is 40.9 Å². The van der Waals surface area contributed by atoms with Gasteiger partial charge in [-0.25, -0.2) is 4.99 Å². The van der Waals surface area contributed by atoms with E-state index in [4.69, 9.17) is 4.99 Å². The molecule has 7 heteroatoms. The topological polar surface area (TPSA) is 56.1 Å². The zero-order chi connectivity index (χ0) is 23.2. The number of rotatable bonds is 2. The third kappa shape index (κ3) is 3.45. The van der Waals surface area contributed by atoms with Gasteiger partial charge in [0, 0.05) is 17.3 Å². The van der Waals surface area contributed by atoms with E-state index in [9.17, 15) is 9.90 Å². The number of benzene rings is 4. The molecule has 0 spiro atoms. The molecule has 0 aliphatic carbocycles. The number of para-hydroxylation sites is 1. The van der Waals surface area contributed by atoms with Gasteiger partial charge in [0.2, 0.25) is 0 Å². The predicted octanol–water partition coefficient (Wildman–Crippen LogP) is 6.72. The Balaban J connectivity index is 1.50. The van der Waals surface area contributed by atoms with Gasteiger partial charge in [-0.3, -0.25) is 9.69 Å². The Morgan fingerprint density at radius 2 is 1.56 bits per heavy atom. The molecule has 0 radical (unpaired) electrons. The number of carbonyl (C=O) groups is 1. The number of carbonyl (C=O) groups excluding carboxylic acids is 1. The summed E-state index contributed by atoms with van der Waals surface area (Å²) in [4.78, 5) is 24.2. The van der Waals surface area contributed by atoms with Gasteiger partial charge in [0.05, 0.1) is 22.1 Å². The number of thioether (sulfide) groups is 2. The fraction of sp³-hybridized carbons (Fsp3) is 0.0370. The Hall–Kier alpha value is -3.68. The van der Waals surface area contributed by atoms with Crippen molar-refractivity contribution >= 4 is 62.4 Å². The Bertz CT molecular complexity index is 1510. The second-order valence-electron chi connectivity index (χ2n) is 7.91. The second-order valence-corrected chi connectivity index (χ2v) is 9.92. The molecule has 4 aromatic rings. The minimum atomic E-state index is -0.128. The monoisotopic (exact) mass is 481 g/mol. The Kier molecular flexibility index (Phi) is 5.08. The molecule has 2 heterocycles. The standard InChI is InChI=1S/C27H19N3O2S2/c1-29-22-11-4-5-12-23(22)33-26(29)24-25(32)30(18-13-15-19(31)16-14-18)27(34-24)28-21-10-6-8-17-7-2-3-9-20(17)21/h2-16,31H,1H3. The first-order chi connectivity index (χ1) is 16.6. The highest BCUT2D eigenvalue weighted by Gasteiger charge is 2.40.